The van der Waals surface area contributed by atoms with Gasteiger partial charge in [-0.1, -0.05) is 195 Å². The number of hydrogen-bond donors (Lipinski definition) is 0. The molecule has 7 aromatic carbocycles. The number of halogens is 3. The molecular weight excluding hydrogens is 804 g/mol. The van der Waals surface area contributed by atoms with Gasteiger partial charge in [0.05, 0.1) is 0 Å². The normalized spacial score (nSPS) is 11.8. The third-order valence-corrected chi connectivity index (χ3v) is 11.8. The summed E-state index contributed by atoms with van der Waals surface area (Å²) < 4.78 is 3.26. The lowest BCUT2D eigenvalue weighted by atomic mass is 9.69. The lowest BCUT2D eigenvalue weighted by Gasteiger charge is -2.33. The molecule has 0 aromatic heterocycles. The molecule has 0 aliphatic carbocycles. The molecule has 0 saturated heterocycles. The highest BCUT2D eigenvalue weighted by molar-refractivity contribution is 9.11. The highest BCUT2D eigenvalue weighted by Gasteiger charge is 2.32. The van der Waals surface area contributed by atoms with Crippen LogP contribution in [0.3, 0.4) is 0 Å². The maximum Gasteiger partial charge on any atom is 0.0423 e. The van der Waals surface area contributed by atoms with E-state index in [2.05, 4.69) is 238 Å². The lowest BCUT2D eigenvalue weighted by Crippen LogP contribution is -2.26. The molecule has 0 atom stereocenters. The monoisotopic (exact) mass is 838 g/mol. The van der Waals surface area contributed by atoms with E-state index in [1.165, 1.54) is 61.2 Å². The van der Waals surface area contributed by atoms with E-state index in [4.69, 9.17) is 0 Å². The molecule has 0 saturated carbocycles. The molecule has 0 spiro atoms. The maximum atomic E-state index is 3.57. The van der Waals surface area contributed by atoms with Gasteiger partial charge in [-0.25, -0.2) is 0 Å². The molecule has 50 heavy (non-hydrogen) atoms. The minimum absolute atomic E-state index is 0.161. The zero-order chi connectivity index (χ0) is 34.9. The van der Waals surface area contributed by atoms with Crippen LogP contribution in [0.1, 0.15) is 48.6 Å². The van der Waals surface area contributed by atoms with Crippen molar-refractivity contribution >= 4 is 47.8 Å². The van der Waals surface area contributed by atoms with Crippen LogP contribution >= 0.6 is 47.8 Å². The van der Waals surface area contributed by atoms with Crippen LogP contribution in [0.15, 0.2) is 183 Å². The van der Waals surface area contributed by atoms with Crippen LogP contribution < -0.4 is 0 Å². The first kappa shape index (κ1) is 34.4. The van der Waals surface area contributed by atoms with Gasteiger partial charge in [0.15, 0.2) is 0 Å². The molecule has 0 nitrogen and oxygen atoms in total. The fraction of sp³-hybridized carbons (Fsp3) is 0.106. The predicted octanol–water partition coefficient (Wildman–Crippen LogP) is 14.7. The molecule has 246 valence electrons. The van der Waals surface area contributed by atoms with Crippen molar-refractivity contribution in [1.29, 1.82) is 0 Å². The summed E-state index contributed by atoms with van der Waals surface area (Å²) in [5.74, 6) is 0. The smallest absolute Gasteiger partial charge is 0.0423 e. The Morgan fingerprint density at radius 1 is 0.260 bits per heavy atom. The van der Waals surface area contributed by atoms with Gasteiger partial charge in [-0.05, 0) is 105 Å². The summed E-state index contributed by atoms with van der Waals surface area (Å²) in [5, 5.41) is 0. The van der Waals surface area contributed by atoms with Crippen LogP contribution in [-0.2, 0) is 10.8 Å². The SMILES string of the molecule is CC(C)(c1ccc(-c2ccc(Br)cc2)cc1)c1ccc(C(C)(c2ccc(-c3ccc(Br)cc3)cc2)c2ccc(-c3ccc(Br)cc3)cc2)cc1. The second-order valence-electron chi connectivity index (χ2n) is 13.6. The highest BCUT2D eigenvalue weighted by atomic mass is 79.9. The summed E-state index contributed by atoms with van der Waals surface area (Å²) in [6.07, 6.45) is 0. The molecule has 7 aromatic rings. The van der Waals surface area contributed by atoms with Crippen LogP contribution in [0.25, 0.3) is 33.4 Å². The Hall–Kier alpha value is -4.02. The van der Waals surface area contributed by atoms with E-state index in [0.29, 0.717) is 0 Å². The second kappa shape index (κ2) is 14.3. The largest absolute Gasteiger partial charge is 0.0578 e. The van der Waals surface area contributed by atoms with Crippen molar-refractivity contribution in [3.63, 3.8) is 0 Å². The minimum atomic E-state index is -0.370. The van der Waals surface area contributed by atoms with Crippen LogP contribution in [0.2, 0.25) is 0 Å². The fourth-order valence-electron chi connectivity index (χ4n) is 6.89. The summed E-state index contributed by atoms with van der Waals surface area (Å²) in [6, 6.07) is 62.1. The Balaban J connectivity index is 1.24. The average molecular weight is 842 g/mol. The first-order chi connectivity index (χ1) is 24.1. The van der Waals surface area contributed by atoms with E-state index in [9.17, 15) is 0 Å². The third kappa shape index (κ3) is 6.97. The van der Waals surface area contributed by atoms with E-state index >= 15 is 0 Å². The van der Waals surface area contributed by atoms with Crippen LogP contribution in [0.4, 0.5) is 0 Å². The standard InChI is InChI=1S/C47H37Br3/c1-46(2,38-16-4-32(5-17-38)35-10-26-43(48)27-11-35)39-22-24-42(25-23-39)47(3,40-18-6-33(7-19-40)36-12-28-44(49)29-13-36)41-20-8-34(9-21-41)37-14-30-45(50)31-15-37/h4-31H,1-3H3. The molecule has 0 aliphatic heterocycles. The van der Waals surface area contributed by atoms with Crippen molar-refractivity contribution in [3.8, 4) is 33.4 Å². The number of rotatable bonds is 8. The zero-order valence-electron chi connectivity index (χ0n) is 28.3. The predicted molar refractivity (Wildman–Crippen MR) is 223 cm³/mol. The van der Waals surface area contributed by atoms with Gasteiger partial charge in [0.2, 0.25) is 0 Å². The molecule has 0 bridgehead atoms. The van der Waals surface area contributed by atoms with Crippen LogP contribution in [-0.4, -0.2) is 0 Å². The fourth-order valence-corrected chi connectivity index (χ4v) is 7.68. The number of hydrogen-bond acceptors (Lipinski definition) is 0. The van der Waals surface area contributed by atoms with Crippen molar-refractivity contribution in [2.24, 2.45) is 0 Å². The molecule has 0 heterocycles. The Bertz CT molecular complexity index is 2110. The first-order valence-electron chi connectivity index (χ1n) is 16.8. The topological polar surface area (TPSA) is 0 Å². The van der Waals surface area contributed by atoms with Crippen molar-refractivity contribution < 1.29 is 0 Å². The Labute approximate surface area is 321 Å². The molecule has 0 fully saturated rings. The molecule has 0 amide bonds. The molecule has 7 rings (SSSR count). The van der Waals surface area contributed by atoms with Gasteiger partial charge in [0.25, 0.3) is 0 Å². The van der Waals surface area contributed by atoms with Crippen molar-refractivity contribution in [1.82, 2.24) is 0 Å². The second-order valence-corrected chi connectivity index (χ2v) is 16.3. The zero-order valence-corrected chi connectivity index (χ0v) is 33.1. The quantitative estimate of drug-likeness (QED) is 0.134. The molecule has 0 radical (unpaired) electrons. The first-order valence-corrected chi connectivity index (χ1v) is 19.2. The third-order valence-electron chi connectivity index (χ3n) is 10.2. The Kier molecular flexibility index (Phi) is 9.85. The molecule has 0 unspecified atom stereocenters. The summed E-state index contributed by atoms with van der Waals surface area (Å²) in [4.78, 5) is 0. The Morgan fingerprint density at radius 2 is 0.440 bits per heavy atom. The molecule has 0 aliphatic rings. The highest BCUT2D eigenvalue weighted by Crippen LogP contribution is 2.42. The Morgan fingerprint density at radius 3 is 0.700 bits per heavy atom. The van der Waals surface area contributed by atoms with E-state index < -0.39 is 0 Å². The van der Waals surface area contributed by atoms with Gasteiger partial charge in [-0.15, -0.1) is 0 Å². The average Bonchev–Trinajstić information content (AvgIpc) is 3.16. The van der Waals surface area contributed by atoms with Gasteiger partial charge in [0.1, 0.15) is 0 Å². The minimum Gasteiger partial charge on any atom is -0.0578 e. The van der Waals surface area contributed by atoms with Crippen molar-refractivity contribution in [2.45, 2.75) is 31.6 Å². The van der Waals surface area contributed by atoms with E-state index in [0.717, 1.165) is 13.4 Å². The van der Waals surface area contributed by atoms with Gasteiger partial charge >= 0.3 is 0 Å². The van der Waals surface area contributed by atoms with Crippen molar-refractivity contribution in [3.05, 3.63) is 211 Å². The van der Waals surface area contributed by atoms with E-state index in [-0.39, 0.29) is 10.8 Å². The van der Waals surface area contributed by atoms with Gasteiger partial charge in [-0.3, -0.25) is 0 Å². The lowest BCUT2D eigenvalue weighted by molar-refractivity contribution is 0.637. The van der Waals surface area contributed by atoms with Crippen molar-refractivity contribution in [2.75, 3.05) is 0 Å². The van der Waals surface area contributed by atoms with Crippen LogP contribution in [0, 0.1) is 0 Å². The molecular formula is C47H37Br3. The van der Waals surface area contributed by atoms with Crippen LogP contribution in [0.5, 0.6) is 0 Å². The van der Waals surface area contributed by atoms with E-state index in [1.54, 1.807) is 0 Å². The maximum absolute atomic E-state index is 3.57. The van der Waals surface area contributed by atoms with Gasteiger partial charge < -0.3 is 0 Å². The number of benzene rings is 7. The van der Waals surface area contributed by atoms with Gasteiger partial charge in [-0.2, -0.15) is 0 Å². The summed E-state index contributed by atoms with van der Waals surface area (Å²) in [5.41, 5.74) is 13.1. The molecule has 3 heteroatoms. The molecule has 0 N–H and O–H groups in total. The summed E-state index contributed by atoms with van der Waals surface area (Å²) in [7, 11) is 0. The van der Waals surface area contributed by atoms with Gasteiger partial charge in [0, 0.05) is 24.2 Å². The summed E-state index contributed by atoms with van der Waals surface area (Å²) in [6.45, 7) is 6.99. The van der Waals surface area contributed by atoms with E-state index in [1.807, 2.05) is 0 Å². The summed E-state index contributed by atoms with van der Waals surface area (Å²) >= 11 is 10.7.